The van der Waals surface area contributed by atoms with Gasteiger partial charge < -0.3 is 0 Å². The van der Waals surface area contributed by atoms with Crippen molar-refractivity contribution in [2.45, 2.75) is 0 Å². The second-order valence-electron chi connectivity index (χ2n) is 2.07. The molecule has 0 saturated carbocycles. The fraction of sp³-hybridized carbons (Fsp3) is 0.800. The van der Waals surface area contributed by atoms with Gasteiger partial charge in [0.15, 0.2) is 0 Å². The fourth-order valence-corrected chi connectivity index (χ4v) is 1.57. The molecule has 0 N–H and O–H groups in total. The number of hydrogen-bond acceptors (Lipinski definition) is 4. The van der Waals surface area contributed by atoms with E-state index in [-0.39, 0.29) is 5.91 Å². The lowest BCUT2D eigenvalue weighted by Gasteiger charge is -2.28. The Morgan fingerprint density at radius 3 is 2.80 bits per heavy atom. The Hall–Kier alpha value is 0.130. The first-order valence-corrected chi connectivity index (χ1v) is 4.60. The van der Waals surface area contributed by atoms with Crippen molar-refractivity contribution in [3.63, 3.8) is 0 Å². The first kappa shape index (κ1) is 8.23. The lowest BCUT2D eigenvalue weighted by molar-refractivity contribution is -0.128. The topological polar surface area (TPSA) is 23.6 Å². The Kier molecular flexibility index (Phi) is 2.88. The van der Waals surface area contributed by atoms with Gasteiger partial charge in [-0.3, -0.25) is 9.10 Å². The van der Waals surface area contributed by atoms with E-state index in [0.29, 0.717) is 6.54 Å². The van der Waals surface area contributed by atoms with Gasteiger partial charge in [0.25, 0.3) is 0 Å². The van der Waals surface area contributed by atoms with Crippen molar-refractivity contribution >= 4 is 30.7 Å². The van der Waals surface area contributed by atoms with E-state index in [9.17, 15) is 4.79 Å². The van der Waals surface area contributed by atoms with E-state index in [1.54, 1.807) is 8.61 Å². The van der Waals surface area contributed by atoms with Gasteiger partial charge in [0, 0.05) is 19.3 Å². The van der Waals surface area contributed by atoms with Crippen molar-refractivity contribution in [3.05, 3.63) is 0 Å². The average Bonchev–Trinajstić information content (AvgIpc) is 1.88. The van der Waals surface area contributed by atoms with Crippen molar-refractivity contribution in [2.24, 2.45) is 0 Å². The first-order valence-electron chi connectivity index (χ1n) is 3.02. The maximum absolute atomic E-state index is 11.1. The van der Waals surface area contributed by atoms with E-state index in [4.69, 9.17) is 0 Å². The molecule has 0 spiro atoms. The Bertz CT molecular complexity index is 142. The second-order valence-corrected chi connectivity index (χ2v) is 3.44. The monoisotopic (exact) mass is 178 g/mol. The van der Waals surface area contributed by atoms with Crippen molar-refractivity contribution in [2.75, 3.05) is 25.9 Å². The van der Waals surface area contributed by atoms with Crippen molar-refractivity contribution < 1.29 is 4.79 Å². The number of thiol groups is 1. The van der Waals surface area contributed by atoms with Crippen LogP contribution in [0.25, 0.3) is 0 Å². The lowest BCUT2D eigenvalue weighted by atomic mass is 10.4. The zero-order valence-corrected chi connectivity index (χ0v) is 7.49. The minimum atomic E-state index is 0.147. The predicted octanol–water partition coefficient (Wildman–Crippen LogP) is 0.253. The van der Waals surface area contributed by atoms with Crippen LogP contribution in [-0.4, -0.2) is 40.4 Å². The molecule has 1 saturated heterocycles. The minimum Gasteiger partial charge on any atom is -0.284 e. The normalized spacial score (nSPS) is 21.8. The molecule has 0 radical (unpaired) electrons. The Labute approximate surface area is 70.4 Å². The van der Waals surface area contributed by atoms with Crippen molar-refractivity contribution in [1.29, 1.82) is 0 Å². The van der Waals surface area contributed by atoms with E-state index in [0.717, 1.165) is 13.1 Å². The molecule has 10 heavy (non-hydrogen) atoms. The third kappa shape index (κ3) is 1.81. The van der Waals surface area contributed by atoms with Crippen LogP contribution in [-0.2, 0) is 4.79 Å². The van der Waals surface area contributed by atoms with Gasteiger partial charge in [-0.15, -0.1) is 0 Å². The summed E-state index contributed by atoms with van der Waals surface area (Å²) in [6, 6.07) is 0. The van der Waals surface area contributed by atoms with Gasteiger partial charge in [-0.05, 0) is 0 Å². The van der Waals surface area contributed by atoms with Gasteiger partial charge in [-0.2, -0.15) is 0 Å². The highest BCUT2D eigenvalue weighted by atomic mass is 32.2. The van der Waals surface area contributed by atoms with Crippen LogP contribution in [0.15, 0.2) is 0 Å². The number of hydrogen-bond donors (Lipinski definition) is 1. The largest absolute Gasteiger partial charge is 0.284 e. The Morgan fingerprint density at radius 1 is 1.60 bits per heavy atom. The lowest BCUT2D eigenvalue weighted by Crippen LogP contribution is -2.43. The number of nitrogens with zero attached hydrogens (tertiary/aromatic N) is 2. The summed E-state index contributed by atoms with van der Waals surface area (Å²) in [7, 11) is 0. The van der Waals surface area contributed by atoms with Crippen LogP contribution >= 0.6 is 24.8 Å². The number of amides is 1. The summed E-state index contributed by atoms with van der Waals surface area (Å²) in [6.07, 6.45) is 1.91. The standard InChI is InChI=1S/C5H10N2OS2/c1-10-7-3-2-6(9)4-5(7)8/h9H,2-4H2,1H3. The highest BCUT2D eigenvalue weighted by Crippen LogP contribution is 2.11. The van der Waals surface area contributed by atoms with Crippen LogP contribution in [0, 0.1) is 0 Å². The summed E-state index contributed by atoms with van der Waals surface area (Å²) in [5.74, 6) is 0.147. The van der Waals surface area contributed by atoms with Gasteiger partial charge in [-0.1, -0.05) is 24.8 Å². The average molecular weight is 178 g/mol. The SMILES string of the molecule is CSN1CCN(S)CC1=O. The van der Waals surface area contributed by atoms with Crippen LogP contribution in [0.5, 0.6) is 0 Å². The molecule has 1 rings (SSSR count). The zero-order valence-electron chi connectivity index (χ0n) is 5.78. The van der Waals surface area contributed by atoms with Gasteiger partial charge in [0.05, 0.1) is 6.54 Å². The van der Waals surface area contributed by atoms with Crippen molar-refractivity contribution in [1.82, 2.24) is 8.61 Å². The Balaban J connectivity index is 2.43. The molecule has 0 aromatic heterocycles. The summed E-state index contributed by atoms with van der Waals surface area (Å²) in [6.45, 7) is 2.07. The first-order chi connectivity index (χ1) is 4.74. The Morgan fingerprint density at radius 2 is 2.30 bits per heavy atom. The molecule has 0 atom stereocenters. The molecule has 0 aliphatic carbocycles. The zero-order chi connectivity index (χ0) is 7.56. The highest BCUT2D eigenvalue weighted by Gasteiger charge is 2.20. The molecule has 0 aromatic rings. The molecule has 58 valence electrons. The van der Waals surface area contributed by atoms with Crippen LogP contribution in [0.2, 0.25) is 0 Å². The summed E-state index contributed by atoms with van der Waals surface area (Å²) in [4.78, 5) is 11.1. The molecule has 3 nitrogen and oxygen atoms in total. The molecule has 1 aliphatic heterocycles. The van der Waals surface area contributed by atoms with Gasteiger partial charge in [0.2, 0.25) is 5.91 Å². The molecule has 0 unspecified atom stereocenters. The third-order valence-electron chi connectivity index (χ3n) is 1.38. The number of carbonyl (C=O) groups excluding carboxylic acids is 1. The molecular weight excluding hydrogens is 168 g/mol. The molecular formula is C5H10N2OS2. The molecule has 1 heterocycles. The third-order valence-corrected chi connectivity index (χ3v) is 2.55. The molecule has 5 heteroatoms. The van der Waals surface area contributed by atoms with Crippen LogP contribution in [0.3, 0.4) is 0 Å². The molecule has 1 amide bonds. The molecule has 0 aromatic carbocycles. The fourth-order valence-electron chi connectivity index (χ4n) is 0.838. The van der Waals surface area contributed by atoms with Gasteiger partial charge in [-0.25, -0.2) is 4.31 Å². The quantitative estimate of drug-likeness (QED) is 0.460. The van der Waals surface area contributed by atoms with Gasteiger partial charge in [0.1, 0.15) is 0 Å². The van der Waals surface area contributed by atoms with E-state index in [1.807, 2.05) is 6.26 Å². The maximum atomic E-state index is 11.1. The second kappa shape index (κ2) is 3.50. The molecule has 1 aliphatic rings. The van der Waals surface area contributed by atoms with Crippen LogP contribution < -0.4 is 0 Å². The number of carbonyl (C=O) groups is 1. The minimum absolute atomic E-state index is 0.147. The van der Waals surface area contributed by atoms with E-state index >= 15 is 0 Å². The van der Waals surface area contributed by atoms with E-state index in [1.165, 1.54) is 11.9 Å². The molecule has 1 fully saturated rings. The maximum Gasteiger partial charge on any atom is 0.247 e. The van der Waals surface area contributed by atoms with Crippen LogP contribution in [0.4, 0.5) is 0 Å². The van der Waals surface area contributed by atoms with E-state index < -0.39 is 0 Å². The predicted molar refractivity (Wildman–Crippen MR) is 45.8 cm³/mol. The molecule has 0 bridgehead atoms. The van der Waals surface area contributed by atoms with Crippen LogP contribution in [0.1, 0.15) is 0 Å². The number of rotatable bonds is 1. The highest BCUT2D eigenvalue weighted by molar-refractivity contribution is 7.96. The van der Waals surface area contributed by atoms with E-state index in [2.05, 4.69) is 12.8 Å². The van der Waals surface area contributed by atoms with Crippen molar-refractivity contribution in [3.8, 4) is 0 Å². The summed E-state index contributed by atoms with van der Waals surface area (Å²) < 4.78 is 3.49. The number of piperazine rings is 1. The summed E-state index contributed by atoms with van der Waals surface area (Å²) in [5.41, 5.74) is 0. The summed E-state index contributed by atoms with van der Waals surface area (Å²) >= 11 is 5.56. The smallest absolute Gasteiger partial charge is 0.247 e. The summed E-state index contributed by atoms with van der Waals surface area (Å²) in [5, 5.41) is 0. The van der Waals surface area contributed by atoms with Gasteiger partial charge >= 0.3 is 0 Å².